The molecular formula is C15H15FN4O2S. The Bertz CT molecular complexity index is 748. The van der Waals surface area contributed by atoms with E-state index in [1.165, 1.54) is 17.4 Å². The molecule has 120 valence electrons. The van der Waals surface area contributed by atoms with Crippen molar-refractivity contribution in [2.45, 2.75) is 25.8 Å². The number of nitrogens with zero attached hydrogens (tertiary/aromatic N) is 1. The second kappa shape index (κ2) is 6.33. The number of anilines is 2. The number of hydrogen-bond acceptors (Lipinski definition) is 4. The number of aryl methyl sites for hydroxylation is 1. The number of benzene rings is 1. The molecule has 0 spiro atoms. The zero-order valence-corrected chi connectivity index (χ0v) is 13.2. The first-order valence-corrected chi connectivity index (χ1v) is 8.00. The van der Waals surface area contributed by atoms with Crippen LogP contribution in [0.4, 0.5) is 20.6 Å². The highest BCUT2D eigenvalue weighted by Gasteiger charge is 2.19. The Morgan fingerprint density at radius 3 is 3.00 bits per heavy atom. The summed E-state index contributed by atoms with van der Waals surface area (Å²) in [7, 11) is 0. The van der Waals surface area contributed by atoms with Crippen molar-refractivity contribution < 1.29 is 14.0 Å². The number of carbonyl (C=O) groups excluding carboxylic acids is 2. The molecule has 1 aromatic heterocycles. The average Bonchev–Trinajstić information content (AvgIpc) is 3.02. The number of nitrogens with one attached hydrogen (secondary N) is 3. The number of carbonyl (C=O) groups is 2. The van der Waals surface area contributed by atoms with Crippen molar-refractivity contribution in [1.29, 1.82) is 0 Å². The van der Waals surface area contributed by atoms with Crippen LogP contribution in [0.5, 0.6) is 0 Å². The molecule has 3 amide bonds. The molecule has 1 atom stereocenters. The van der Waals surface area contributed by atoms with E-state index in [1.807, 2.05) is 5.38 Å². The molecule has 8 heteroatoms. The third kappa shape index (κ3) is 3.48. The van der Waals surface area contributed by atoms with Gasteiger partial charge in [-0.05, 0) is 31.0 Å². The van der Waals surface area contributed by atoms with E-state index < -0.39 is 11.8 Å². The van der Waals surface area contributed by atoms with E-state index in [0.29, 0.717) is 18.5 Å². The van der Waals surface area contributed by atoms with Crippen LogP contribution in [0, 0.1) is 5.82 Å². The average molecular weight is 334 g/mol. The number of halogens is 1. The Morgan fingerprint density at radius 2 is 2.26 bits per heavy atom. The van der Waals surface area contributed by atoms with Crippen LogP contribution in [-0.4, -0.2) is 16.9 Å². The summed E-state index contributed by atoms with van der Waals surface area (Å²) in [5.41, 5.74) is 1.35. The molecule has 2 heterocycles. The van der Waals surface area contributed by atoms with Gasteiger partial charge in [0.2, 0.25) is 5.91 Å². The first kappa shape index (κ1) is 15.4. The van der Waals surface area contributed by atoms with E-state index in [4.69, 9.17) is 0 Å². The summed E-state index contributed by atoms with van der Waals surface area (Å²) in [5.74, 6) is -0.726. The van der Waals surface area contributed by atoms with E-state index >= 15 is 0 Å². The number of amides is 3. The molecule has 1 aliphatic heterocycles. The van der Waals surface area contributed by atoms with Gasteiger partial charge in [-0.3, -0.25) is 4.79 Å². The number of thiazole rings is 1. The molecule has 0 bridgehead atoms. The molecule has 1 aliphatic rings. The molecule has 2 aromatic rings. The Hall–Kier alpha value is -2.48. The minimum Gasteiger partial charge on any atom is -0.329 e. The van der Waals surface area contributed by atoms with Crippen molar-refractivity contribution in [2.24, 2.45) is 0 Å². The summed E-state index contributed by atoms with van der Waals surface area (Å²) >= 11 is 1.43. The van der Waals surface area contributed by atoms with Gasteiger partial charge in [0, 0.05) is 23.7 Å². The second-order valence-corrected chi connectivity index (χ2v) is 6.15. The normalized spacial score (nSPS) is 14.6. The lowest BCUT2D eigenvalue weighted by atomic mass is 10.0. The summed E-state index contributed by atoms with van der Waals surface area (Å²) < 4.78 is 14.1. The zero-order valence-electron chi connectivity index (χ0n) is 12.4. The van der Waals surface area contributed by atoms with Crippen LogP contribution in [0.1, 0.15) is 30.0 Å². The topological polar surface area (TPSA) is 83.1 Å². The summed E-state index contributed by atoms with van der Waals surface area (Å²) in [6.45, 7) is 1.80. The van der Waals surface area contributed by atoms with Gasteiger partial charge in [-0.25, -0.2) is 14.2 Å². The number of aromatic nitrogens is 1. The standard InChI is InChI=1S/C15H15FN4O2S/c1-8(14-17-4-5-23-14)18-15(22)20-12-6-9-2-3-13(21)19-11(9)7-10(12)16/h4-8H,2-3H2,1H3,(H,19,21)(H2,18,20,22)/t8-/m0/s1. The summed E-state index contributed by atoms with van der Waals surface area (Å²) in [4.78, 5) is 27.4. The van der Waals surface area contributed by atoms with Crippen molar-refractivity contribution in [3.8, 4) is 0 Å². The lowest BCUT2D eigenvalue weighted by Gasteiger charge is -2.19. The van der Waals surface area contributed by atoms with E-state index in [-0.39, 0.29) is 17.6 Å². The predicted octanol–water partition coefficient (Wildman–Crippen LogP) is 3.05. The number of rotatable bonds is 3. The Balaban J connectivity index is 1.70. The molecule has 0 radical (unpaired) electrons. The molecule has 3 rings (SSSR count). The number of urea groups is 1. The quantitative estimate of drug-likeness (QED) is 0.807. The highest BCUT2D eigenvalue weighted by Crippen LogP contribution is 2.28. The maximum Gasteiger partial charge on any atom is 0.319 e. The van der Waals surface area contributed by atoms with Gasteiger partial charge in [-0.2, -0.15) is 0 Å². The van der Waals surface area contributed by atoms with E-state index in [9.17, 15) is 14.0 Å². The Morgan fingerprint density at radius 1 is 1.43 bits per heavy atom. The van der Waals surface area contributed by atoms with Crippen LogP contribution in [-0.2, 0) is 11.2 Å². The number of hydrogen-bond donors (Lipinski definition) is 3. The Kier molecular flexibility index (Phi) is 4.24. The molecule has 0 fully saturated rings. The van der Waals surface area contributed by atoms with Crippen LogP contribution in [0.3, 0.4) is 0 Å². The third-order valence-electron chi connectivity index (χ3n) is 3.51. The summed E-state index contributed by atoms with van der Waals surface area (Å²) in [5, 5.41) is 10.4. The fourth-order valence-corrected chi connectivity index (χ4v) is 3.01. The fraction of sp³-hybridized carbons (Fsp3) is 0.267. The molecular weight excluding hydrogens is 319 g/mol. The molecule has 0 aliphatic carbocycles. The highest BCUT2D eigenvalue weighted by atomic mass is 32.1. The van der Waals surface area contributed by atoms with Crippen molar-refractivity contribution in [3.05, 3.63) is 40.1 Å². The molecule has 0 saturated heterocycles. The van der Waals surface area contributed by atoms with Crippen molar-refractivity contribution >= 4 is 34.6 Å². The van der Waals surface area contributed by atoms with Crippen LogP contribution in [0.25, 0.3) is 0 Å². The minimum atomic E-state index is -0.594. The van der Waals surface area contributed by atoms with Crippen molar-refractivity contribution in [3.63, 3.8) is 0 Å². The Labute approximate surface area is 136 Å². The van der Waals surface area contributed by atoms with E-state index in [2.05, 4.69) is 20.9 Å². The van der Waals surface area contributed by atoms with Gasteiger partial charge in [0.25, 0.3) is 0 Å². The largest absolute Gasteiger partial charge is 0.329 e. The fourth-order valence-electron chi connectivity index (χ4n) is 2.36. The van der Waals surface area contributed by atoms with Gasteiger partial charge in [-0.15, -0.1) is 11.3 Å². The van der Waals surface area contributed by atoms with Gasteiger partial charge in [0.05, 0.1) is 11.7 Å². The van der Waals surface area contributed by atoms with Crippen molar-refractivity contribution in [1.82, 2.24) is 10.3 Å². The van der Waals surface area contributed by atoms with Gasteiger partial charge >= 0.3 is 6.03 Å². The minimum absolute atomic E-state index is 0.0868. The summed E-state index contributed by atoms with van der Waals surface area (Å²) in [6.07, 6.45) is 2.53. The third-order valence-corrected chi connectivity index (χ3v) is 4.46. The lowest BCUT2D eigenvalue weighted by molar-refractivity contribution is -0.116. The highest BCUT2D eigenvalue weighted by molar-refractivity contribution is 7.09. The molecule has 6 nitrogen and oxygen atoms in total. The first-order chi connectivity index (χ1) is 11.0. The maximum absolute atomic E-state index is 14.1. The van der Waals surface area contributed by atoms with Crippen LogP contribution in [0.15, 0.2) is 23.7 Å². The van der Waals surface area contributed by atoms with E-state index in [1.54, 1.807) is 19.2 Å². The van der Waals surface area contributed by atoms with Gasteiger partial charge < -0.3 is 16.0 Å². The van der Waals surface area contributed by atoms with Crippen LogP contribution >= 0.6 is 11.3 Å². The van der Waals surface area contributed by atoms with E-state index in [0.717, 1.165) is 10.6 Å². The maximum atomic E-state index is 14.1. The SMILES string of the molecule is C[C@H](NC(=O)Nc1cc2c(cc1F)NC(=O)CC2)c1nccs1. The molecule has 3 N–H and O–H groups in total. The zero-order chi connectivity index (χ0) is 16.4. The molecule has 23 heavy (non-hydrogen) atoms. The van der Waals surface area contributed by atoms with Crippen LogP contribution < -0.4 is 16.0 Å². The van der Waals surface area contributed by atoms with Crippen LogP contribution in [0.2, 0.25) is 0 Å². The summed E-state index contributed by atoms with van der Waals surface area (Å²) in [6, 6.07) is 2.01. The second-order valence-electron chi connectivity index (χ2n) is 5.23. The predicted molar refractivity (Wildman–Crippen MR) is 86.0 cm³/mol. The first-order valence-electron chi connectivity index (χ1n) is 7.12. The van der Waals surface area contributed by atoms with Gasteiger partial charge in [0.1, 0.15) is 10.8 Å². The lowest BCUT2D eigenvalue weighted by Crippen LogP contribution is -2.31. The van der Waals surface area contributed by atoms with Crippen molar-refractivity contribution in [2.75, 3.05) is 10.6 Å². The van der Waals surface area contributed by atoms with Gasteiger partial charge in [0.15, 0.2) is 0 Å². The van der Waals surface area contributed by atoms with Gasteiger partial charge in [-0.1, -0.05) is 0 Å². The monoisotopic (exact) mass is 334 g/mol. The molecule has 1 aromatic carbocycles. The smallest absolute Gasteiger partial charge is 0.319 e. The molecule has 0 unspecified atom stereocenters. The number of fused-ring (bicyclic) bond motifs is 1. The molecule has 0 saturated carbocycles.